The first-order chi connectivity index (χ1) is 8.93. The van der Waals surface area contributed by atoms with Crippen molar-refractivity contribution in [3.8, 4) is 5.75 Å². The normalized spacial score (nSPS) is 11.4. The number of aromatic hydroxyl groups is 1. The summed E-state index contributed by atoms with van der Waals surface area (Å²) in [5.74, 6) is -0.00762. The molecule has 102 valence electrons. The highest BCUT2D eigenvalue weighted by Gasteiger charge is 2.18. The summed E-state index contributed by atoms with van der Waals surface area (Å²) in [7, 11) is 3.90. The van der Waals surface area contributed by atoms with Crippen LogP contribution in [0.25, 0.3) is 11.0 Å². The molecule has 0 aliphatic carbocycles. The van der Waals surface area contributed by atoms with Gasteiger partial charge in [-0.3, -0.25) is 0 Å². The van der Waals surface area contributed by atoms with Crippen LogP contribution in [0.1, 0.15) is 18.1 Å². The second-order valence-corrected chi connectivity index (χ2v) is 5.30. The zero-order valence-corrected chi connectivity index (χ0v) is 12.0. The lowest BCUT2D eigenvalue weighted by atomic mass is 10.0. The van der Waals surface area contributed by atoms with Gasteiger partial charge in [0.2, 0.25) is 0 Å². The Morgan fingerprint density at radius 2 is 2.05 bits per heavy atom. The van der Waals surface area contributed by atoms with Crippen molar-refractivity contribution in [2.24, 2.45) is 0 Å². The molecule has 5 heteroatoms. The van der Waals surface area contributed by atoms with Crippen molar-refractivity contribution in [1.29, 1.82) is 0 Å². The van der Waals surface area contributed by atoms with Crippen LogP contribution in [0.15, 0.2) is 21.3 Å². The van der Waals surface area contributed by atoms with Crippen molar-refractivity contribution in [1.82, 2.24) is 0 Å². The average molecular weight is 283 g/mol. The molecule has 0 fully saturated rings. The Balaban J connectivity index is 2.87. The molecule has 1 aromatic heterocycles. The second kappa shape index (κ2) is 5.23. The molecule has 4 nitrogen and oxygen atoms in total. The molecule has 0 spiro atoms. The summed E-state index contributed by atoms with van der Waals surface area (Å²) in [4.78, 5) is 12.7. The monoisotopic (exact) mass is 282 g/mol. The summed E-state index contributed by atoms with van der Waals surface area (Å²) >= 11 is 6.07. The van der Waals surface area contributed by atoms with Crippen molar-refractivity contribution >= 4 is 22.6 Å². The number of aryl methyl sites for hydroxylation is 1. The Kier molecular flexibility index (Phi) is 3.83. The van der Waals surface area contributed by atoms with Gasteiger partial charge >= 0.3 is 5.63 Å². The van der Waals surface area contributed by atoms with E-state index < -0.39 is 5.63 Å². The third kappa shape index (κ3) is 2.60. The first kappa shape index (κ1) is 13.9. The van der Waals surface area contributed by atoms with Gasteiger partial charge in [-0.25, -0.2) is 4.79 Å². The van der Waals surface area contributed by atoms with Crippen molar-refractivity contribution in [3.05, 3.63) is 38.7 Å². The molecule has 0 unspecified atom stereocenters. The van der Waals surface area contributed by atoms with Gasteiger partial charge in [0.05, 0.1) is 24.7 Å². The standard InChI is InChI=1S/C14H16ClNO3/c1-4-8-5-12(17)19-14-9(8)6-11(15)13(18)10(14)7-16(2)3/h5-6,18H,4,7H2,1-3H3/p+1. The number of nitrogens with one attached hydrogen (secondary N) is 1. The van der Waals surface area contributed by atoms with Gasteiger partial charge in [0.25, 0.3) is 0 Å². The molecule has 2 aromatic rings. The average Bonchev–Trinajstić information content (AvgIpc) is 2.34. The summed E-state index contributed by atoms with van der Waals surface area (Å²) in [5, 5.41) is 11.2. The smallest absolute Gasteiger partial charge is 0.336 e. The van der Waals surface area contributed by atoms with Crippen LogP contribution in [-0.2, 0) is 13.0 Å². The third-order valence-electron chi connectivity index (χ3n) is 3.05. The predicted octanol–water partition coefficient (Wildman–Crippen LogP) is 1.36. The van der Waals surface area contributed by atoms with Gasteiger partial charge in [-0.2, -0.15) is 0 Å². The lowest BCUT2D eigenvalue weighted by Gasteiger charge is -2.13. The number of hydrogen-bond donors (Lipinski definition) is 2. The van der Waals surface area contributed by atoms with Gasteiger partial charge in [-0.15, -0.1) is 0 Å². The molecule has 19 heavy (non-hydrogen) atoms. The van der Waals surface area contributed by atoms with Crippen molar-refractivity contribution in [3.63, 3.8) is 0 Å². The van der Waals surface area contributed by atoms with Gasteiger partial charge in [-0.05, 0) is 18.1 Å². The molecule has 0 aliphatic rings. The zero-order chi connectivity index (χ0) is 14.2. The second-order valence-electron chi connectivity index (χ2n) is 4.89. The zero-order valence-electron chi connectivity index (χ0n) is 11.2. The first-order valence-corrected chi connectivity index (χ1v) is 6.58. The molecule has 0 amide bonds. The fraction of sp³-hybridized carbons (Fsp3) is 0.357. The van der Waals surface area contributed by atoms with Crippen LogP contribution in [0.3, 0.4) is 0 Å². The molecule has 0 saturated carbocycles. The Labute approximate surface area is 116 Å². The van der Waals surface area contributed by atoms with E-state index in [-0.39, 0.29) is 10.8 Å². The van der Waals surface area contributed by atoms with Gasteiger partial charge in [-0.1, -0.05) is 18.5 Å². The highest BCUT2D eigenvalue weighted by atomic mass is 35.5. The summed E-state index contributed by atoms with van der Waals surface area (Å²) in [5.41, 5.74) is 1.49. The summed E-state index contributed by atoms with van der Waals surface area (Å²) in [6.45, 7) is 2.49. The van der Waals surface area contributed by atoms with Crippen LogP contribution in [0.2, 0.25) is 5.02 Å². The molecular formula is C14H17ClNO3+. The van der Waals surface area contributed by atoms with E-state index in [9.17, 15) is 9.90 Å². The number of rotatable bonds is 3. The minimum Gasteiger partial charge on any atom is -0.506 e. The van der Waals surface area contributed by atoms with E-state index in [4.69, 9.17) is 16.0 Å². The van der Waals surface area contributed by atoms with E-state index in [1.807, 2.05) is 21.0 Å². The summed E-state index contributed by atoms with van der Waals surface area (Å²) in [6.07, 6.45) is 0.706. The highest BCUT2D eigenvalue weighted by Crippen LogP contribution is 2.35. The van der Waals surface area contributed by atoms with Crippen LogP contribution in [0, 0.1) is 0 Å². The topological polar surface area (TPSA) is 54.9 Å². The molecule has 2 N–H and O–H groups in total. The molecule has 0 aliphatic heterocycles. The van der Waals surface area contributed by atoms with E-state index in [0.29, 0.717) is 24.1 Å². The maximum Gasteiger partial charge on any atom is 0.336 e. The Morgan fingerprint density at radius 1 is 1.37 bits per heavy atom. The van der Waals surface area contributed by atoms with E-state index in [2.05, 4.69) is 0 Å². The minimum absolute atomic E-state index is 0.00762. The minimum atomic E-state index is -0.402. The van der Waals surface area contributed by atoms with E-state index in [1.165, 1.54) is 6.07 Å². The number of hydrogen-bond acceptors (Lipinski definition) is 3. The summed E-state index contributed by atoms with van der Waals surface area (Å²) < 4.78 is 5.28. The van der Waals surface area contributed by atoms with Crippen molar-refractivity contribution in [2.45, 2.75) is 19.9 Å². The molecule has 0 radical (unpaired) electrons. The Hall–Kier alpha value is -1.52. The molecule has 1 aromatic carbocycles. The predicted molar refractivity (Wildman–Crippen MR) is 75.1 cm³/mol. The van der Waals surface area contributed by atoms with E-state index in [1.54, 1.807) is 6.07 Å². The largest absolute Gasteiger partial charge is 0.506 e. The van der Waals surface area contributed by atoms with Crippen molar-refractivity contribution < 1.29 is 14.4 Å². The number of halogens is 1. The molecule has 1 heterocycles. The maximum absolute atomic E-state index is 11.6. The quantitative estimate of drug-likeness (QED) is 0.836. The molecule has 0 bridgehead atoms. The van der Waals surface area contributed by atoms with Crippen LogP contribution in [0.4, 0.5) is 0 Å². The third-order valence-corrected chi connectivity index (χ3v) is 3.34. The molecular weight excluding hydrogens is 266 g/mol. The van der Waals surface area contributed by atoms with Crippen LogP contribution >= 0.6 is 11.6 Å². The van der Waals surface area contributed by atoms with Gasteiger partial charge < -0.3 is 14.4 Å². The van der Waals surface area contributed by atoms with Gasteiger partial charge in [0, 0.05) is 11.5 Å². The van der Waals surface area contributed by atoms with Gasteiger partial charge in [0.1, 0.15) is 12.3 Å². The lowest BCUT2D eigenvalue weighted by Crippen LogP contribution is -3.04. The Morgan fingerprint density at radius 3 is 2.63 bits per heavy atom. The molecule has 0 atom stereocenters. The number of quaternary nitrogens is 1. The number of fused-ring (bicyclic) bond motifs is 1. The first-order valence-electron chi connectivity index (χ1n) is 6.20. The highest BCUT2D eigenvalue weighted by molar-refractivity contribution is 6.33. The lowest BCUT2D eigenvalue weighted by molar-refractivity contribution is -0.872. The Bertz CT molecular complexity index is 676. The van der Waals surface area contributed by atoms with Crippen LogP contribution < -0.4 is 10.5 Å². The molecule has 0 saturated heterocycles. The number of phenolic OH excluding ortho intramolecular Hbond substituents is 1. The maximum atomic E-state index is 11.6. The van der Waals surface area contributed by atoms with Crippen molar-refractivity contribution in [2.75, 3.05) is 14.1 Å². The SMILES string of the molecule is CCc1cc(=O)oc2c(C[NH+](C)C)c(O)c(Cl)cc12. The van der Waals surface area contributed by atoms with E-state index in [0.717, 1.165) is 15.8 Å². The number of phenols is 1. The molecule has 2 rings (SSSR count). The van der Waals surface area contributed by atoms with E-state index >= 15 is 0 Å². The van der Waals surface area contributed by atoms with Crippen LogP contribution in [-0.4, -0.2) is 19.2 Å². The van der Waals surface area contributed by atoms with Crippen LogP contribution in [0.5, 0.6) is 5.75 Å². The number of benzene rings is 1. The van der Waals surface area contributed by atoms with Gasteiger partial charge in [0.15, 0.2) is 5.58 Å². The summed E-state index contributed by atoms with van der Waals surface area (Å²) in [6, 6.07) is 3.13. The fourth-order valence-corrected chi connectivity index (χ4v) is 2.41. The fourth-order valence-electron chi connectivity index (χ4n) is 2.19.